The van der Waals surface area contributed by atoms with Gasteiger partial charge in [0.25, 0.3) is 5.56 Å². The molecule has 2 aromatic carbocycles. The maximum absolute atomic E-state index is 12.0. The van der Waals surface area contributed by atoms with Gasteiger partial charge in [0.2, 0.25) is 0 Å². The van der Waals surface area contributed by atoms with Gasteiger partial charge in [-0.1, -0.05) is 36.4 Å². The fraction of sp³-hybridized carbons (Fsp3) is 0. The first kappa shape index (κ1) is 10.6. The Morgan fingerprint density at radius 2 is 1.72 bits per heavy atom. The first-order chi connectivity index (χ1) is 8.74. The summed E-state index contributed by atoms with van der Waals surface area (Å²) >= 11 is 0. The highest BCUT2D eigenvalue weighted by atomic mass is 16.1. The quantitative estimate of drug-likeness (QED) is 0.638. The van der Waals surface area contributed by atoms with Gasteiger partial charge in [0.05, 0.1) is 0 Å². The van der Waals surface area contributed by atoms with Crippen molar-refractivity contribution >= 4 is 16.5 Å². The number of benzene rings is 2. The Bertz CT molecular complexity index is 760. The van der Waals surface area contributed by atoms with E-state index in [1.807, 2.05) is 42.5 Å². The van der Waals surface area contributed by atoms with Crippen LogP contribution in [0.4, 0.5) is 5.69 Å². The van der Waals surface area contributed by atoms with E-state index in [1.165, 1.54) is 0 Å². The molecule has 1 heterocycles. The van der Waals surface area contributed by atoms with Crippen molar-refractivity contribution < 1.29 is 0 Å². The van der Waals surface area contributed by atoms with E-state index >= 15 is 0 Å². The summed E-state index contributed by atoms with van der Waals surface area (Å²) in [6, 6.07) is 17.1. The van der Waals surface area contributed by atoms with Crippen LogP contribution in [-0.2, 0) is 0 Å². The number of anilines is 1. The molecule has 0 atom stereocenters. The van der Waals surface area contributed by atoms with Crippen LogP contribution in [0, 0.1) is 0 Å². The molecule has 0 saturated heterocycles. The fourth-order valence-electron chi connectivity index (χ4n) is 2.05. The van der Waals surface area contributed by atoms with Gasteiger partial charge in [0.1, 0.15) is 0 Å². The zero-order chi connectivity index (χ0) is 12.5. The molecule has 0 aliphatic carbocycles. The third-order valence-corrected chi connectivity index (χ3v) is 2.95. The summed E-state index contributed by atoms with van der Waals surface area (Å²) in [5.41, 5.74) is 7.99. The van der Waals surface area contributed by atoms with Gasteiger partial charge in [-0.15, -0.1) is 0 Å². The first-order valence-electron chi connectivity index (χ1n) is 5.72. The molecule has 1 aromatic heterocycles. The van der Waals surface area contributed by atoms with Crippen LogP contribution in [0.1, 0.15) is 0 Å². The number of pyridine rings is 1. The van der Waals surface area contributed by atoms with Crippen LogP contribution < -0.4 is 11.3 Å². The van der Waals surface area contributed by atoms with E-state index in [4.69, 9.17) is 5.73 Å². The molecule has 3 rings (SSSR count). The lowest BCUT2D eigenvalue weighted by Gasteiger charge is -2.04. The summed E-state index contributed by atoms with van der Waals surface area (Å²) in [7, 11) is 0. The average molecular weight is 236 g/mol. The van der Waals surface area contributed by atoms with E-state index in [1.54, 1.807) is 12.1 Å². The van der Waals surface area contributed by atoms with Gasteiger partial charge >= 0.3 is 0 Å². The third kappa shape index (κ3) is 1.76. The molecule has 0 saturated carbocycles. The molecule has 0 radical (unpaired) electrons. The molecule has 0 unspecified atom stereocenters. The SMILES string of the molecule is Nc1ccc2cc(-c3ccccc3)[nH]c(=O)c2c1. The summed E-state index contributed by atoms with van der Waals surface area (Å²) in [4.78, 5) is 14.9. The van der Waals surface area contributed by atoms with Crippen LogP contribution >= 0.6 is 0 Å². The standard InChI is InChI=1S/C15H12N2O/c16-12-7-6-11-8-14(10-4-2-1-3-5-10)17-15(18)13(11)9-12/h1-9H,16H2,(H,17,18). The lowest BCUT2D eigenvalue weighted by molar-refractivity contribution is 1.28. The lowest BCUT2D eigenvalue weighted by atomic mass is 10.1. The first-order valence-corrected chi connectivity index (χ1v) is 5.72. The van der Waals surface area contributed by atoms with E-state index in [9.17, 15) is 4.79 Å². The largest absolute Gasteiger partial charge is 0.399 e. The van der Waals surface area contributed by atoms with Crippen LogP contribution in [0.3, 0.4) is 0 Å². The van der Waals surface area contributed by atoms with E-state index in [0.29, 0.717) is 11.1 Å². The van der Waals surface area contributed by atoms with Crippen LogP contribution in [0.2, 0.25) is 0 Å². The van der Waals surface area contributed by atoms with Gasteiger partial charge in [-0.05, 0) is 29.1 Å². The highest BCUT2D eigenvalue weighted by Crippen LogP contribution is 2.20. The average Bonchev–Trinajstić information content (AvgIpc) is 2.40. The zero-order valence-corrected chi connectivity index (χ0v) is 9.68. The Labute approximate surface area is 104 Å². The summed E-state index contributed by atoms with van der Waals surface area (Å²) < 4.78 is 0. The number of aromatic amines is 1. The van der Waals surface area contributed by atoms with Gasteiger partial charge in [0, 0.05) is 16.8 Å². The van der Waals surface area contributed by atoms with Gasteiger partial charge < -0.3 is 10.7 Å². The van der Waals surface area contributed by atoms with Crippen molar-refractivity contribution in [3.8, 4) is 11.3 Å². The molecule has 3 aromatic rings. The lowest BCUT2D eigenvalue weighted by Crippen LogP contribution is -2.07. The Balaban J connectivity index is 2.29. The molecule has 0 spiro atoms. The highest BCUT2D eigenvalue weighted by Gasteiger charge is 2.03. The van der Waals surface area contributed by atoms with Crippen LogP contribution in [0.25, 0.3) is 22.0 Å². The van der Waals surface area contributed by atoms with Crippen molar-refractivity contribution in [2.24, 2.45) is 0 Å². The molecule has 88 valence electrons. The Morgan fingerprint density at radius 3 is 2.50 bits per heavy atom. The molecule has 0 bridgehead atoms. The topological polar surface area (TPSA) is 58.9 Å². The number of nitrogen functional groups attached to an aromatic ring is 1. The Kier molecular flexibility index (Phi) is 2.38. The highest BCUT2D eigenvalue weighted by molar-refractivity contribution is 5.87. The van der Waals surface area contributed by atoms with Crippen LogP contribution in [-0.4, -0.2) is 4.98 Å². The molecule has 0 aliphatic heterocycles. The number of rotatable bonds is 1. The minimum atomic E-state index is -0.112. The molecule has 0 aliphatic rings. The predicted molar refractivity (Wildman–Crippen MR) is 74.4 cm³/mol. The van der Waals surface area contributed by atoms with E-state index < -0.39 is 0 Å². The normalized spacial score (nSPS) is 10.7. The maximum atomic E-state index is 12.0. The number of nitrogens with one attached hydrogen (secondary N) is 1. The maximum Gasteiger partial charge on any atom is 0.256 e. The van der Waals surface area contributed by atoms with Crippen molar-refractivity contribution in [1.82, 2.24) is 4.98 Å². The molecular formula is C15H12N2O. The van der Waals surface area contributed by atoms with Crippen molar-refractivity contribution in [2.75, 3.05) is 5.73 Å². The van der Waals surface area contributed by atoms with E-state index in [-0.39, 0.29) is 5.56 Å². The number of aromatic nitrogens is 1. The number of H-pyrrole nitrogens is 1. The van der Waals surface area contributed by atoms with Crippen LogP contribution in [0.15, 0.2) is 59.4 Å². The molecule has 3 N–H and O–H groups in total. The molecule has 18 heavy (non-hydrogen) atoms. The zero-order valence-electron chi connectivity index (χ0n) is 9.68. The Morgan fingerprint density at radius 1 is 0.944 bits per heavy atom. The molecular weight excluding hydrogens is 224 g/mol. The predicted octanol–water partition coefficient (Wildman–Crippen LogP) is 2.78. The fourth-order valence-corrected chi connectivity index (χ4v) is 2.05. The van der Waals surface area contributed by atoms with E-state index in [0.717, 1.165) is 16.6 Å². The van der Waals surface area contributed by atoms with Crippen molar-refractivity contribution in [3.63, 3.8) is 0 Å². The number of nitrogens with two attached hydrogens (primary N) is 1. The number of fused-ring (bicyclic) bond motifs is 1. The van der Waals surface area contributed by atoms with Crippen LogP contribution in [0.5, 0.6) is 0 Å². The van der Waals surface area contributed by atoms with E-state index in [2.05, 4.69) is 4.98 Å². The molecule has 3 nitrogen and oxygen atoms in total. The van der Waals surface area contributed by atoms with Crippen molar-refractivity contribution in [3.05, 3.63) is 65.0 Å². The summed E-state index contributed by atoms with van der Waals surface area (Å²) in [5.74, 6) is 0. The summed E-state index contributed by atoms with van der Waals surface area (Å²) in [6.07, 6.45) is 0. The smallest absolute Gasteiger partial charge is 0.256 e. The second kappa shape index (κ2) is 4.04. The molecule has 3 heteroatoms. The second-order valence-electron chi connectivity index (χ2n) is 4.22. The number of hydrogen-bond acceptors (Lipinski definition) is 2. The minimum Gasteiger partial charge on any atom is -0.399 e. The molecule has 0 fully saturated rings. The Hall–Kier alpha value is -2.55. The third-order valence-electron chi connectivity index (χ3n) is 2.95. The summed E-state index contributed by atoms with van der Waals surface area (Å²) in [5, 5.41) is 1.52. The van der Waals surface area contributed by atoms with Crippen molar-refractivity contribution in [2.45, 2.75) is 0 Å². The molecule has 0 amide bonds. The van der Waals surface area contributed by atoms with Gasteiger partial charge in [-0.25, -0.2) is 0 Å². The number of hydrogen-bond donors (Lipinski definition) is 2. The van der Waals surface area contributed by atoms with Gasteiger partial charge in [-0.3, -0.25) is 4.79 Å². The van der Waals surface area contributed by atoms with Crippen molar-refractivity contribution in [1.29, 1.82) is 0 Å². The second-order valence-corrected chi connectivity index (χ2v) is 4.22. The van der Waals surface area contributed by atoms with Gasteiger partial charge in [0.15, 0.2) is 0 Å². The monoisotopic (exact) mass is 236 g/mol. The van der Waals surface area contributed by atoms with Gasteiger partial charge in [-0.2, -0.15) is 0 Å². The minimum absolute atomic E-state index is 0.112. The summed E-state index contributed by atoms with van der Waals surface area (Å²) in [6.45, 7) is 0.